The molecule has 0 aliphatic carbocycles. The first kappa shape index (κ1) is 11.5. The minimum atomic E-state index is 0.300. The quantitative estimate of drug-likeness (QED) is 0.740. The van der Waals surface area contributed by atoms with Crippen LogP contribution in [0.5, 0.6) is 0 Å². The first-order valence-corrected chi connectivity index (χ1v) is 5.79. The van der Waals surface area contributed by atoms with Gasteiger partial charge in [-0.2, -0.15) is 0 Å². The summed E-state index contributed by atoms with van der Waals surface area (Å²) in [7, 11) is 0. The molecule has 82 valence electrons. The van der Waals surface area contributed by atoms with Crippen molar-refractivity contribution < 1.29 is 4.79 Å². The second kappa shape index (κ2) is 6.02. The number of hydrogen-bond acceptors (Lipinski definition) is 2. The molecule has 1 aliphatic rings. The zero-order valence-electron chi connectivity index (χ0n) is 9.38. The van der Waals surface area contributed by atoms with E-state index in [1.165, 1.54) is 12.8 Å². The lowest BCUT2D eigenvalue weighted by Gasteiger charge is -2.26. The average Bonchev–Trinajstić information content (AvgIpc) is 2.21. The van der Waals surface area contributed by atoms with Crippen LogP contribution in [0, 0.1) is 0 Å². The summed E-state index contributed by atoms with van der Waals surface area (Å²) in [6.07, 6.45) is 4.37. The molecule has 1 amide bonds. The molecule has 1 heterocycles. The summed E-state index contributed by atoms with van der Waals surface area (Å²) in [6.45, 7) is 6.83. The van der Waals surface area contributed by atoms with Crippen molar-refractivity contribution in [2.45, 2.75) is 45.6 Å². The number of hydrogen-bond donors (Lipinski definition) is 1. The average molecular weight is 198 g/mol. The molecule has 1 aliphatic heterocycles. The van der Waals surface area contributed by atoms with E-state index in [2.05, 4.69) is 5.32 Å². The van der Waals surface area contributed by atoms with E-state index in [9.17, 15) is 4.79 Å². The van der Waals surface area contributed by atoms with Crippen molar-refractivity contribution >= 4 is 5.91 Å². The fourth-order valence-electron chi connectivity index (χ4n) is 2.01. The van der Waals surface area contributed by atoms with Gasteiger partial charge in [-0.05, 0) is 33.2 Å². The highest BCUT2D eigenvalue weighted by molar-refractivity contribution is 5.76. The Kier molecular flexibility index (Phi) is 4.94. The number of nitrogens with one attached hydrogen (secondary N) is 1. The Hall–Kier alpha value is -0.570. The summed E-state index contributed by atoms with van der Waals surface area (Å²) in [4.78, 5) is 13.7. The van der Waals surface area contributed by atoms with E-state index in [4.69, 9.17) is 0 Å². The van der Waals surface area contributed by atoms with E-state index in [0.29, 0.717) is 18.4 Å². The molecule has 0 unspecified atom stereocenters. The molecule has 3 heteroatoms. The Morgan fingerprint density at radius 3 is 2.57 bits per heavy atom. The van der Waals surface area contributed by atoms with Crippen molar-refractivity contribution in [3.8, 4) is 0 Å². The normalized spacial score (nSPS) is 22.0. The summed E-state index contributed by atoms with van der Waals surface area (Å²) in [5, 5.41) is 3.41. The molecule has 0 aromatic heterocycles. The van der Waals surface area contributed by atoms with Gasteiger partial charge in [0.2, 0.25) is 5.91 Å². The van der Waals surface area contributed by atoms with E-state index >= 15 is 0 Å². The monoisotopic (exact) mass is 198 g/mol. The van der Waals surface area contributed by atoms with E-state index in [1.54, 1.807) is 0 Å². The summed E-state index contributed by atoms with van der Waals surface area (Å²) in [6, 6.07) is 0.428. The molecular weight excluding hydrogens is 176 g/mol. The Labute approximate surface area is 86.9 Å². The molecular formula is C11H22N2O. The van der Waals surface area contributed by atoms with Crippen LogP contribution >= 0.6 is 0 Å². The standard InChI is InChI=1S/C11H22N2O/c1-3-13(4-2)11(14)9-10-7-5-6-8-12-10/h10,12H,3-9H2,1-2H3/t10-/m1/s1. The lowest BCUT2D eigenvalue weighted by atomic mass is 10.0. The minimum Gasteiger partial charge on any atom is -0.343 e. The smallest absolute Gasteiger partial charge is 0.224 e. The first-order chi connectivity index (χ1) is 6.77. The van der Waals surface area contributed by atoms with Gasteiger partial charge in [0, 0.05) is 25.6 Å². The SMILES string of the molecule is CCN(CC)C(=O)C[C@H]1CCCCN1. The van der Waals surface area contributed by atoms with E-state index < -0.39 is 0 Å². The molecule has 0 radical (unpaired) electrons. The molecule has 0 spiro atoms. The Balaban J connectivity index is 2.30. The third-order valence-electron chi connectivity index (χ3n) is 2.95. The van der Waals surface area contributed by atoms with Crippen LogP contribution in [-0.4, -0.2) is 36.5 Å². The van der Waals surface area contributed by atoms with Crippen LogP contribution in [0.4, 0.5) is 0 Å². The van der Waals surface area contributed by atoms with Gasteiger partial charge < -0.3 is 10.2 Å². The molecule has 3 nitrogen and oxygen atoms in total. The fourth-order valence-corrected chi connectivity index (χ4v) is 2.01. The van der Waals surface area contributed by atoms with Crippen LogP contribution in [0.1, 0.15) is 39.5 Å². The van der Waals surface area contributed by atoms with Crippen molar-refractivity contribution in [1.82, 2.24) is 10.2 Å². The molecule has 14 heavy (non-hydrogen) atoms. The van der Waals surface area contributed by atoms with Crippen LogP contribution in [-0.2, 0) is 4.79 Å². The number of nitrogens with zero attached hydrogens (tertiary/aromatic N) is 1. The first-order valence-electron chi connectivity index (χ1n) is 5.79. The predicted molar refractivity (Wildman–Crippen MR) is 58.2 cm³/mol. The Morgan fingerprint density at radius 2 is 2.07 bits per heavy atom. The number of amides is 1. The molecule has 1 atom stereocenters. The van der Waals surface area contributed by atoms with Gasteiger partial charge in [0.1, 0.15) is 0 Å². The summed E-state index contributed by atoms with van der Waals surface area (Å²) >= 11 is 0. The number of piperidine rings is 1. The van der Waals surface area contributed by atoms with Crippen molar-refractivity contribution in [3.05, 3.63) is 0 Å². The molecule has 1 rings (SSSR count). The van der Waals surface area contributed by atoms with Crippen LogP contribution in [0.3, 0.4) is 0 Å². The second-order valence-corrected chi connectivity index (χ2v) is 3.92. The van der Waals surface area contributed by atoms with Gasteiger partial charge in [0.05, 0.1) is 0 Å². The molecule has 0 aromatic rings. The van der Waals surface area contributed by atoms with E-state index in [-0.39, 0.29) is 0 Å². The number of carbonyl (C=O) groups excluding carboxylic acids is 1. The third kappa shape index (κ3) is 3.29. The predicted octanol–water partition coefficient (Wildman–Crippen LogP) is 1.39. The highest BCUT2D eigenvalue weighted by atomic mass is 16.2. The lowest BCUT2D eigenvalue weighted by Crippen LogP contribution is -2.40. The maximum atomic E-state index is 11.8. The van der Waals surface area contributed by atoms with Gasteiger partial charge >= 0.3 is 0 Å². The molecule has 1 fully saturated rings. The van der Waals surface area contributed by atoms with E-state index in [1.807, 2.05) is 18.7 Å². The zero-order valence-corrected chi connectivity index (χ0v) is 9.38. The molecule has 0 bridgehead atoms. The molecule has 0 saturated carbocycles. The van der Waals surface area contributed by atoms with Crippen molar-refractivity contribution in [2.24, 2.45) is 0 Å². The maximum Gasteiger partial charge on any atom is 0.224 e. The fraction of sp³-hybridized carbons (Fsp3) is 0.909. The van der Waals surface area contributed by atoms with Crippen LogP contribution in [0.2, 0.25) is 0 Å². The highest BCUT2D eigenvalue weighted by Crippen LogP contribution is 2.11. The van der Waals surface area contributed by atoms with Gasteiger partial charge in [-0.25, -0.2) is 0 Å². The van der Waals surface area contributed by atoms with Crippen molar-refractivity contribution in [1.29, 1.82) is 0 Å². The van der Waals surface area contributed by atoms with Gasteiger partial charge in [-0.3, -0.25) is 4.79 Å². The minimum absolute atomic E-state index is 0.300. The summed E-state index contributed by atoms with van der Waals surface area (Å²) in [5.74, 6) is 0.300. The topological polar surface area (TPSA) is 32.3 Å². The highest BCUT2D eigenvalue weighted by Gasteiger charge is 2.18. The molecule has 1 N–H and O–H groups in total. The summed E-state index contributed by atoms with van der Waals surface area (Å²) in [5.41, 5.74) is 0. The van der Waals surface area contributed by atoms with Crippen LogP contribution in [0.15, 0.2) is 0 Å². The second-order valence-electron chi connectivity index (χ2n) is 3.92. The van der Waals surface area contributed by atoms with Crippen molar-refractivity contribution in [3.63, 3.8) is 0 Å². The summed E-state index contributed by atoms with van der Waals surface area (Å²) < 4.78 is 0. The van der Waals surface area contributed by atoms with Gasteiger partial charge in [0.15, 0.2) is 0 Å². The van der Waals surface area contributed by atoms with Gasteiger partial charge in [-0.1, -0.05) is 6.42 Å². The van der Waals surface area contributed by atoms with Crippen LogP contribution in [0.25, 0.3) is 0 Å². The lowest BCUT2D eigenvalue weighted by molar-refractivity contribution is -0.131. The Morgan fingerprint density at radius 1 is 1.36 bits per heavy atom. The zero-order chi connectivity index (χ0) is 10.4. The third-order valence-corrected chi connectivity index (χ3v) is 2.95. The Bertz CT molecular complexity index is 172. The van der Waals surface area contributed by atoms with Gasteiger partial charge in [-0.15, -0.1) is 0 Å². The molecule has 1 saturated heterocycles. The van der Waals surface area contributed by atoms with Crippen molar-refractivity contribution in [2.75, 3.05) is 19.6 Å². The number of rotatable bonds is 4. The van der Waals surface area contributed by atoms with Gasteiger partial charge in [0.25, 0.3) is 0 Å². The van der Waals surface area contributed by atoms with E-state index in [0.717, 1.165) is 26.1 Å². The largest absolute Gasteiger partial charge is 0.343 e. The maximum absolute atomic E-state index is 11.8. The number of carbonyl (C=O) groups is 1. The molecule has 0 aromatic carbocycles. The van der Waals surface area contributed by atoms with Crippen LogP contribution < -0.4 is 5.32 Å².